The number of hydrogen-bond donors (Lipinski definition) is 1. The molecule has 0 bridgehead atoms. The number of rotatable bonds is 8. The Morgan fingerprint density at radius 2 is 1.94 bits per heavy atom. The molecular weight excluding hydrogens is 470 g/mol. The first-order valence-electron chi connectivity index (χ1n) is 9.46. The number of non-ortho nitro benzene ring substituents is 1. The summed E-state index contributed by atoms with van der Waals surface area (Å²) in [5.74, 6) is -0.425. The standard InChI is InChI=1S/C21H19N3O7S2/c1-30-16-6-3-12(9-17(16)31-2)10-18-20(27)23(21(32)33-18)8-7-19(26)22-14-11-13(24(28)29)4-5-15(14)25/h3-6,9-11,25H,7-8H2,1-2H3,(H,22,26)/p-1/b18-10-. The maximum Gasteiger partial charge on any atom is 0.271 e. The van der Waals surface area contributed by atoms with Crippen molar-refractivity contribution in [2.75, 3.05) is 26.1 Å². The van der Waals surface area contributed by atoms with E-state index in [1.54, 1.807) is 24.3 Å². The van der Waals surface area contributed by atoms with E-state index < -0.39 is 16.6 Å². The normalized spacial score (nSPS) is 14.5. The molecule has 0 saturated carbocycles. The zero-order chi connectivity index (χ0) is 24.1. The summed E-state index contributed by atoms with van der Waals surface area (Å²) >= 11 is 6.38. The fraction of sp³-hybridized carbons (Fsp3) is 0.190. The summed E-state index contributed by atoms with van der Waals surface area (Å²) in [6, 6.07) is 8.26. The molecule has 0 radical (unpaired) electrons. The van der Waals surface area contributed by atoms with Crippen LogP contribution in [0.15, 0.2) is 41.3 Å². The number of thioether (sulfide) groups is 1. The summed E-state index contributed by atoms with van der Waals surface area (Å²) in [7, 11) is 3.03. The SMILES string of the molecule is COc1ccc(/C=C2\SC(=S)N(CCC(=O)Nc3cc([N+](=O)[O-])ccc3[O-])C2=O)cc1OC. The van der Waals surface area contributed by atoms with Gasteiger partial charge in [-0.1, -0.05) is 41.9 Å². The van der Waals surface area contributed by atoms with Crippen molar-refractivity contribution < 1.29 is 29.1 Å². The van der Waals surface area contributed by atoms with Crippen LogP contribution in [0, 0.1) is 10.1 Å². The molecule has 1 aliphatic rings. The van der Waals surface area contributed by atoms with Gasteiger partial charge in [0.25, 0.3) is 11.6 Å². The van der Waals surface area contributed by atoms with Gasteiger partial charge >= 0.3 is 0 Å². The van der Waals surface area contributed by atoms with Crippen molar-refractivity contribution in [1.29, 1.82) is 0 Å². The van der Waals surface area contributed by atoms with Gasteiger partial charge in [0.2, 0.25) is 5.91 Å². The number of nitrogens with one attached hydrogen (secondary N) is 1. The van der Waals surface area contributed by atoms with Crippen LogP contribution in [0.1, 0.15) is 12.0 Å². The fourth-order valence-corrected chi connectivity index (χ4v) is 4.25. The lowest BCUT2D eigenvalue weighted by molar-refractivity contribution is -0.385. The highest BCUT2D eigenvalue weighted by molar-refractivity contribution is 8.26. The van der Waals surface area contributed by atoms with Crippen LogP contribution in [0.3, 0.4) is 0 Å². The molecule has 0 unspecified atom stereocenters. The van der Waals surface area contributed by atoms with Crippen LogP contribution < -0.4 is 19.9 Å². The number of benzene rings is 2. The van der Waals surface area contributed by atoms with Gasteiger partial charge in [0.05, 0.1) is 24.0 Å². The number of carbonyl (C=O) groups excluding carboxylic acids is 2. The Morgan fingerprint density at radius 3 is 2.61 bits per heavy atom. The molecule has 172 valence electrons. The molecule has 33 heavy (non-hydrogen) atoms. The molecule has 0 atom stereocenters. The molecule has 0 aromatic heterocycles. The fourth-order valence-electron chi connectivity index (χ4n) is 2.94. The molecule has 10 nitrogen and oxygen atoms in total. The lowest BCUT2D eigenvalue weighted by Gasteiger charge is -2.16. The number of carbonyl (C=O) groups is 2. The minimum Gasteiger partial charge on any atom is -0.871 e. The summed E-state index contributed by atoms with van der Waals surface area (Å²) in [5.41, 5.74) is 0.189. The summed E-state index contributed by atoms with van der Waals surface area (Å²) in [6.07, 6.45) is 1.51. The minimum absolute atomic E-state index is 0.0110. The molecule has 1 saturated heterocycles. The summed E-state index contributed by atoms with van der Waals surface area (Å²) < 4.78 is 10.8. The highest BCUT2D eigenvalue weighted by Crippen LogP contribution is 2.35. The third-order valence-electron chi connectivity index (χ3n) is 4.59. The second-order valence-corrected chi connectivity index (χ2v) is 8.36. The van der Waals surface area contributed by atoms with Crippen molar-refractivity contribution in [1.82, 2.24) is 4.90 Å². The van der Waals surface area contributed by atoms with Gasteiger partial charge in [-0.25, -0.2) is 0 Å². The van der Waals surface area contributed by atoms with Crippen molar-refractivity contribution in [3.05, 3.63) is 57.0 Å². The predicted molar refractivity (Wildman–Crippen MR) is 125 cm³/mol. The highest BCUT2D eigenvalue weighted by atomic mass is 32.2. The first-order valence-corrected chi connectivity index (χ1v) is 10.7. The summed E-state index contributed by atoms with van der Waals surface area (Å²) in [5, 5.41) is 25.1. The van der Waals surface area contributed by atoms with E-state index >= 15 is 0 Å². The molecule has 12 heteroatoms. The predicted octanol–water partition coefficient (Wildman–Crippen LogP) is 2.92. The Labute approximate surface area is 198 Å². The van der Waals surface area contributed by atoms with Crippen molar-refractivity contribution in [3.63, 3.8) is 0 Å². The van der Waals surface area contributed by atoms with E-state index in [-0.39, 0.29) is 30.2 Å². The van der Waals surface area contributed by atoms with Crippen molar-refractivity contribution in [2.24, 2.45) is 0 Å². The second-order valence-electron chi connectivity index (χ2n) is 6.68. The molecule has 2 aromatic rings. The van der Waals surface area contributed by atoms with Gasteiger partial charge < -0.3 is 19.9 Å². The molecule has 0 aliphatic carbocycles. The van der Waals surface area contributed by atoms with E-state index in [9.17, 15) is 24.8 Å². The van der Waals surface area contributed by atoms with Gasteiger partial charge in [0, 0.05) is 30.8 Å². The number of nitrogens with zero attached hydrogens (tertiary/aromatic N) is 2. The zero-order valence-electron chi connectivity index (χ0n) is 17.5. The first-order chi connectivity index (χ1) is 15.7. The van der Waals surface area contributed by atoms with Crippen molar-refractivity contribution >= 4 is 57.6 Å². The van der Waals surface area contributed by atoms with E-state index in [4.69, 9.17) is 21.7 Å². The third-order valence-corrected chi connectivity index (χ3v) is 5.97. The van der Waals surface area contributed by atoms with Crippen LogP contribution in [0.2, 0.25) is 0 Å². The van der Waals surface area contributed by atoms with Crippen molar-refractivity contribution in [2.45, 2.75) is 6.42 Å². The Kier molecular flexibility index (Phi) is 7.51. The first kappa shape index (κ1) is 24.0. The smallest absolute Gasteiger partial charge is 0.271 e. The number of nitro groups is 1. The van der Waals surface area contributed by atoms with Crippen molar-refractivity contribution in [3.8, 4) is 17.2 Å². The van der Waals surface area contributed by atoms with Crippen LogP contribution in [0.4, 0.5) is 11.4 Å². The molecule has 2 amide bonds. The van der Waals surface area contributed by atoms with E-state index in [0.29, 0.717) is 26.3 Å². The lowest BCUT2D eigenvalue weighted by atomic mass is 10.2. The van der Waals surface area contributed by atoms with Crippen LogP contribution in [-0.4, -0.2) is 46.7 Å². The Bertz CT molecular complexity index is 1170. The number of methoxy groups -OCH3 is 2. The summed E-state index contributed by atoms with van der Waals surface area (Å²) in [6.45, 7) is -0.0110. The van der Waals surface area contributed by atoms with Crippen LogP contribution >= 0.6 is 24.0 Å². The van der Waals surface area contributed by atoms with E-state index in [1.807, 2.05) is 0 Å². The second kappa shape index (κ2) is 10.3. The number of thiocarbonyl (C=S) groups is 1. The molecule has 3 rings (SSSR count). The monoisotopic (exact) mass is 488 g/mol. The topological polar surface area (TPSA) is 134 Å². The molecule has 1 fully saturated rings. The van der Waals surface area contributed by atoms with Gasteiger partial charge in [-0.2, -0.15) is 0 Å². The molecular formula is C21H18N3O7S2-. The Morgan fingerprint density at radius 1 is 1.21 bits per heavy atom. The highest BCUT2D eigenvalue weighted by Gasteiger charge is 2.32. The van der Waals surface area contributed by atoms with Crippen LogP contribution in [-0.2, 0) is 9.59 Å². The summed E-state index contributed by atoms with van der Waals surface area (Å²) in [4.78, 5) is 36.9. The van der Waals surface area contributed by atoms with Gasteiger partial charge in [-0.15, -0.1) is 0 Å². The van der Waals surface area contributed by atoms with E-state index in [2.05, 4.69) is 5.32 Å². The van der Waals surface area contributed by atoms with Gasteiger partial charge in [-0.05, 0) is 23.8 Å². The third kappa shape index (κ3) is 5.59. The number of anilines is 1. The lowest BCUT2D eigenvalue weighted by Crippen LogP contribution is -2.31. The number of nitro benzene ring substituents is 1. The number of amides is 2. The maximum atomic E-state index is 12.8. The van der Waals surface area contributed by atoms with E-state index in [0.717, 1.165) is 30.0 Å². The largest absolute Gasteiger partial charge is 0.871 e. The molecule has 0 spiro atoms. The van der Waals surface area contributed by atoms with Gasteiger partial charge in [0.15, 0.2) is 11.5 Å². The van der Waals surface area contributed by atoms with Gasteiger partial charge in [-0.3, -0.25) is 24.6 Å². The molecule has 2 aromatic carbocycles. The maximum absolute atomic E-state index is 12.8. The van der Waals surface area contributed by atoms with Crippen LogP contribution in [0.5, 0.6) is 17.2 Å². The Balaban J connectivity index is 1.66. The molecule has 1 N–H and O–H groups in total. The molecule has 1 heterocycles. The average Bonchev–Trinajstić information content (AvgIpc) is 3.05. The van der Waals surface area contributed by atoms with Gasteiger partial charge in [0.1, 0.15) is 4.32 Å². The average molecular weight is 489 g/mol. The Hall–Kier alpha value is -3.64. The minimum atomic E-state index is -0.667. The quantitative estimate of drug-likeness (QED) is 0.258. The number of hydrogen-bond acceptors (Lipinski definition) is 9. The number of ether oxygens (including phenoxy) is 2. The molecule has 1 aliphatic heterocycles. The van der Waals surface area contributed by atoms with Crippen LogP contribution in [0.25, 0.3) is 6.08 Å². The van der Waals surface area contributed by atoms with E-state index in [1.165, 1.54) is 19.1 Å². The zero-order valence-corrected chi connectivity index (χ0v) is 19.2.